The second-order valence-corrected chi connectivity index (χ2v) is 6.72. The second-order valence-electron chi connectivity index (χ2n) is 2.71. The van der Waals surface area contributed by atoms with Gasteiger partial charge < -0.3 is 0 Å². The van der Waals surface area contributed by atoms with Gasteiger partial charge in [-0.05, 0) is 12.1 Å². The van der Waals surface area contributed by atoms with Gasteiger partial charge in [0.15, 0.2) is 8.07 Å². The summed E-state index contributed by atoms with van der Waals surface area (Å²) in [6, 6.07) is 2.57. The van der Waals surface area contributed by atoms with Gasteiger partial charge >= 0.3 is 0 Å². The molecule has 1 heterocycles. The summed E-state index contributed by atoms with van der Waals surface area (Å²) in [7, 11) is -1.29. The fourth-order valence-electron chi connectivity index (χ4n) is 1.41. The van der Waals surface area contributed by atoms with Crippen LogP contribution in [0.25, 0.3) is 0 Å². The molecule has 0 bridgehead atoms. The minimum absolute atomic E-state index is 1.28. The molecule has 0 aromatic carbocycles. The zero-order valence-corrected chi connectivity index (χ0v) is 6.69. The van der Waals surface area contributed by atoms with Gasteiger partial charge in [0, 0.05) is 0 Å². The monoisotopic (exact) mass is 136 g/mol. The van der Waals surface area contributed by atoms with Crippen LogP contribution in [0.15, 0.2) is 12.3 Å². The highest BCUT2D eigenvalue weighted by atomic mass is 28.3. The smallest absolute Gasteiger partial charge is 0.130 e. The maximum atomic E-state index is 5.42. The first-order chi connectivity index (χ1) is 4.33. The van der Waals surface area contributed by atoms with Crippen LogP contribution in [0.5, 0.6) is 0 Å². The van der Waals surface area contributed by atoms with E-state index in [1.165, 1.54) is 24.9 Å². The summed E-state index contributed by atoms with van der Waals surface area (Å²) in [5.74, 6) is 0. The third kappa shape index (κ3) is 1.09. The van der Waals surface area contributed by atoms with Crippen molar-refractivity contribution in [2.24, 2.45) is 0 Å². The second kappa shape index (κ2) is 2.41. The molecule has 0 unspecified atom stereocenters. The first-order valence-electron chi connectivity index (χ1n) is 3.44. The molecule has 1 saturated heterocycles. The van der Waals surface area contributed by atoms with E-state index in [0.717, 1.165) is 0 Å². The zero-order valence-electron chi connectivity index (χ0n) is 5.69. The first kappa shape index (κ1) is 6.63. The highest BCUT2D eigenvalue weighted by Crippen LogP contribution is 2.29. The SMILES string of the molecule is C#C[Si]1(C=C)CCCC1. The Morgan fingerprint density at radius 2 is 2.00 bits per heavy atom. The molecular formula is C8H12Si. The third-order valence-corrected chi connectivity index (χ3v) is 6.02. The van der Waals surface area contributed by atoms with E-state index in [0.29, 0.717) is 0 Å². The molecule has 0 atom stereocenters. The Hall–Kier alpha value is -0.483. The minimum Gasteiger partial charge on any atom is -0.130 e. The molecule has 0 amide bonds. The van der Waals surface area contributed by atoms with Crippen molar-refractivity contribution in [2.45, 2.75) is 24.9 Å². The summed E-state index contributed by atoms with van der Waals surface area (Å²) < 4.78 is 0. The average molecular weight is 136 g/mol. The molecule has 0 aliphatic carbocycles. The van der Waals surface area contributed by atoms with Crippen LogP contribution >= 0.6 is 0 Å². The largest absolute Gasteiger partial charge is 0.160 e. The van der Waals surface area contributed by atoms with E-state index in [4.69, 9.17) is 6.42 Å². The lowest BCUT2D eigenvalue weighted by Crippen LogP contribution is -2.24. The van der Waals surface area contributed by atoms with Crippen molar-refractivity contribution in [1.82, 2.24) is 0 Å². The van der Waals surface area contributed by atoms with E-state index in [1.54, 1.807) is 0 Å². The van der Waals surface area contributed by atoms with Crippen molar-refractivity contribution in [3.63, 3.8) is 0 Å². The maximum Gasteiger partial charge on any atom is 0.160 e. The normalized spacial score (nSPS) is 23.0. The Balaban J connectivity index is 2.70. The Morgan fingerprint density at radius 1 is 1.44 bits per heavy atom. The van der Waals surface area contributed by atoms with E-state index in [2.05, 4.69) is 17.8 Å². The molecule has 0 saturated carbocycles. The number of hydrogen-bond acceptors (Lipinski definition) is 0. The summed E-state index contributed by atoms with van der Waals surface area (Å²) in [5, 5.41) is 0. The summed E-state index contributed by atoms with van der Waals surface area (Å²) >= 11 is 0. The number of rotatable bonds is 1. The van der Waals surface area contributed by atoms with Gasteiger partial charge in [0.1, 0.15) is 0 Å². The van der Waals surface area contributed by atoms with Gasteiger partial charge in [-0.25, -0.2) is 0 Å². The van der Waals surface area contributed by atoms with E-state index < -0.39 is 8.07 Å². The molecule has 1 fully saturated rings. The topological polar surface area (TPSA) is 0 Å². The van der Waals surface area contributed by atoms with Gasteiger partial charge in [-0.2, -0.15) is 0 Å². The quantitative estimate of drug-likeness (QED) is 0.382. The van der Waals surface area contributed by atoms with Crippen LogP contribution in [0.1, 0.15) is 12.8 Å². The maximum absolute atomic E-state index is 5.42. The Labute approximate surface area is 58.0 Å². The van der Waals surface area contributed by atoms with Crippen LogP contribution in [0, 0.1) is 12.0 Å². The van der Waals surface area contributed by atoms with E-state index in [-0.39, 0.29) is 0 Å². The van der Waals surface area contributed by atoms with Crippen molar-refractivity contribution in [2.75, 3.05) is 0 Å². The minimum atomic E-state index is -1.29. The van der Waals surface area contributed by atoms with Crippen molar-refractivity contribution < 1.29 is 0 Å². The van der Waals surface area contributed by atoms with Crippen LogP contribution in [0.3, 0.4) is 0 Å². The van der Waals surface area contributed by atoms with Crippen LogP contribution in [0.2, 0.25) is 12.1 Å². The predicted octanol–water partition coefficient (Wildman–Crippen LogP) is 2.13. The lowest BCUT2D eigenvalue weighted by atomic mass is 10.4. The zero-order chi connectivity index (χ0) is 6.74. The Bertz CT molecular complexity index is 146. The average Bonchev–Trinajstić information content (AvgIpc) is 2.36. The molecule has 0 nitrogen and oxygen atoms in total. The molecule has 0 aromatic rings. The summed E-state index contributed by atoms with van der Waals surface area (Å²) in [5.41, 5.74) is 5.02. The van der Waals surface area contributed by atoms with E-state index in [9.17, 15) is 0 Å². The molecule has 0 spiro atoms. The van der Waals surface area contributed by atoms with Crippen LogP contribution in [-0.2, 0) is 0 Å². The van der Waals surface area contributed by atoms with Gasteiger partial charge in [0.25, 0.3) is 0 Å². The van der Waals surface area contributed by atoms with Gasteiger partial charge in [0.05, 0.1) is 0 Å². The van der Waals surface area contributed by atoms with E-state index >= 15 is 0 Å². The summed E-state index contributed by atoms with van der Waals surface area (Å²) in [4.78, 5) is 0. The van der Waals surface area contributed by atoms with Crippen molar-refractivity contribution in [3.05, 3.63) is 12.3 Å². The van der Waals surface area contributed by atoms with Crippen molar-refractivity contribution in [3.8, 4) is 12.0 Å². The molecular weight excluding hydrogens is 124 g/mol. The summed E-state index contributed by atoms with van der Waals surface area (Å²) in [6.07, 6.45) is 8.09. The van der Waals surface area contributed by atoms with Gasteiger partial charge in [-0.15, -0.1) is 18.5 Å². The molecule has 1 aliphatic rings. The summed E-state index contributed by atoms with van der Waals surface area (Å²) in [6.45, 7) is 3.80. The molecule has 9 heavy (non-hydrogen) atoms. The fourth-order valence-corrected chi connectivity index (χ4v) is 4.24. The Morgan fingerprint density at radius 3 is 2.22 bits per heavy atom. The molecule has 1 rings (SSSR count). The molecule has 1 heteroatoms. The number of hydrogen-bond donors (Lipinski definition) is 0. The predicted molar refractivity (Wildman–Crippen MR) is 43.6 cm³/mol. The lowest BCUT2D eigenvalue weighted by molar-refractivity contribution is 0.935. The first-order valence-corrected chi connectivity index (χ1v) is 5.93. The van der Waals surface area contributed by atoms with Crippen LogP contribution in [0.4, 0.5) is 0 Å². The Kier molecular flexibility index (Phi) is 1.77. The molecule has 1 aliphatic heterocycles. The molecule has 0 aromatic heterocycles. The molecule has 48 valence electrons. The molecule has 0 radical (unpaired) electrons. The van der Waals surface area contributed by atoms with Crippen molar-refractivity contribution >= 4 is 8.07 Å². The van der Waals surface area contributed by atoms with Gasteiger partial charge in [-0.1, -0.05) is 18.5 Å². The van der Waals surface area contributed by atoms with E-state index in [1.807, 2.05) is 0 Å². The third-order valence-electron chi connectivity index (χ3n) is 2.17. The van der Waals surface area contributed by atoms with Gasteiger partial charge in [0.2, 0.25) is 0 Å². The highest BCUT2D eigenvalue weighted by Gasteiger charge is 2.30. The number of terminal acetylenes is 1. The van der Waals surface area contributed by atoms with Crippen molar-refractivity contribution in [1.29, 1.82) is 0 Å². The lowest BCUT2D eigenvalue weighted by Gasteiger charge is -2.11. The fraction of sp³-hybridized carbons (Fsp3) is 0.500. The standard InChI is InChI=1S/C8H12Si/c1-3-9(4-2)7-5-6-8-9/h1,4H,2,5-8H2. The van der Waals surface area contributed by atoms with Crippen LogP contribution < -0.4 is 0 Å². The van der Waals surface area contributed by atoms with Crippen LogP contribution in [-0.4, -0.2) is 8.07 Å². The van der Waals surface area contributed by atoms with Gasteiger partial charge in [-0.3, -0.25) is 0 Å². The molecule has 0 N–H and O–H groups in total. The highest BCUT2D eigenvalue weighted by molar-refractivity contribution is 6.92.